The Hall–Kier alpha value is -3.33. The maximum atomic E-state index is 11.8. The fraction of sp³-hybridized carbons (Fsp3) is 0.158. The van der Waals surface area contributed by atoms with Gasteiger partial charge in [-0.05, 0) is 31.2 Å². The molecule has 0 fully saturated rings. The van der Waals surface area contributed by atoms with Gasteiger partial charge in [-0.2, -0.15) is 10.1 Å². The van der Waals surface area contributed by atoms with Crippen LogP contribution in [0.1, 0.15) is 6.92 Å². The molecule has 0 radical (unpaired) electrons. The lowest BCUT2D eigenvalue weighted by Crippen LogP contribution is -1.99. The van der Waals surface area contributed by atoms with Crippen molar-refractivity contribution in [3.63, 3.8) is 0 Å². The quantitative estimate of drug-likeness (QED) is 0.511. The predicted octanol–water partition coefficient (Wildman–Crippen LogP) is 3.09. The molecule has 3 aromatic heterocycles. The lowest BCUT2D eigenvalue weighted by molar-refractivity contribution is 0.432. The van der Waals surface area contributed by atoms with E-state index in [9.17, 15) is 8.42 Å². The summed E-state index contributed by atoms with van der Waals surface area (Å²) < 4.78 is 30.9. The Balaban J connectivity index is 1.79. The van der Waals surface area contributed by atoms with Gasteiger partial charge in [0.25, 0.3) is 5.89 Å². The molecule has 0 bridgehead atoms. The largest absolute Gasteiger partial charge is 0.333 e. The minimum atomic E-state index is -3.33. The average Bonchev–Trinajstić information content (AvgIpc) is 3.35. The lowest BCUT2D eigenvalue weighted by atomic mass is 10.1. The molecule has 9 heteroatoms. The van der Waals surface area contributed by atoms with E-state index in [2.05, 4.69) is 20.2 Å². The summed E-state index contributed by atoms with van der Waals surface area (Å²) in [7, 11) is -3.33. The molecule has 8 nitrogen and oxygen atoms in total. The molecule has 142 valence electrons. The van der Waals surface area contributed by atoms with E-state index in [1.807, 2.05) is 23.7 Å². The number of benzene rings is 1. The van der Waals surface area contributed by atoms with Crippen molar-refractivity contribution in [2.75, 3.05) is 6.26 Å². The number of nitrogens with zero attached hydrogens (tertiary/aromatic N) is 5. The SMILES string of the molecule is CCn1ncc(-c2nc(-c3cccc(S(C)(=O)=O)c3)no2)c1-c1ccncc1. The summed E-state index contributed by atoms with van der Waals surface area (Å²) in [5, 5.41) is 8.43. The fourth-order valence-electron chi connectivity index (χ4n) is 2.91. The van der Waals surface area contributed by atoms with Gasteiger partial charge in [-0.1, -0.05) is 17.3 Å². The Kier molecular flexibility index (Phi) is 4.52. The monoisotopic (exact) mass is 395 g/mol. The van der Waals surface area contributed by atoms with Gasteiger partial charge in [-0.3, -0.25) is 9.67 Å². The van der Waals surface area contributed by atoms with Gasteiger partial charge in [0, 0.05) is 36.3 Å². The molecule has 1 aromatic carbocycles. The van der Waals surface area contributed by atoms with Gasteiger partial charge in [0.1, 0.15) is 0 Å². The van der Waals surface area contributed by atoms with Crippen molar-refractivity contribution in [3.8, 4) is 34.1 Å². The van der Waals surface area contributed by atoms with Crippen molar-refractivity contribution in [1.82, 2.24) is 24.9 Å². The lowest BCUT2D eigenvalue weighted by Gasteiger charge is -2.05. The second-order valence-corrected chi connectivity index (χ2v) is 8.20. The normalized spacial score (nSPS) is 11.6. The Morgan fingerprint density at radius 2 is 1.89 bits per heavy atom. The summed E-state index contributed by atoms with van der Waals surface area (Å²) in [6.45, 7) is 2.67. The maximum Gasteiger partial charge on any atom is 0.262 e. The van der Waals surface area contributed by atoms with Crippen LogP contribution < -0.4 is 0 Å². The zero-order chi connectivity index (χ0) is 19.7. The smallest absolute Gasteiger partial charge is 0.262 e. The van der Waals surface area contributed by atoms with Crippen LogP contribution in [0.15, 0.2) is 64.4 Å². The van der Waals surface area contributed by atoms with Crippen molar-refractivity contribution in [2.24, 2.45) is 0 Å². The van der Waals surface area contributed by atoms with Crippen molar-refractivity contribution in [3.05, 3.63) is 55.0 Å². The first-order chi connectivity index (χ1) is 13.5. The summed E-state index contributed by atoms with van der Waals surface area (Å²) in [4.78, 5) is 8.72. The van der Waals surface area contributed by atoms with E-state index in [1.165, 1.54) is 12.1 Å². The van der Waals surface area contributed by atoms with Crippen LogP contribution in [0.5, 0.6) is 0 Å². The second kappa shape index (κ2) is 7.01. The minimum absolute atomic E-state index is 0.202. The molecule has 4 aromatic rings. The molecule has 0 N–H and O–H groups in total. The number of hydrogen-bond donors (Lipinski definition) is 0. The van der Waals surface area contributed by atoms with Crippen molar-refractivity contribution >= 4 is 9.84 Å². The van der Waals surface area contributed by atoms with Crippen LogP contribution >= 0.6 is 0 Å². The highest BCUT2D eigenvalue weighted by molar-refractivity contribution is 7.90. The number of pyridine rings is 1. The number of aromatic nitrogens is 5. The van der Waals surface area contributed by atoms with E-state index < -0.39 is 9.84 Å². The molecule has 0 aliphatic heterocycles. The van der Waals surface area contributed by atoms with Crippen LogP contribution in [0.25, 0.3) is 34.1 Å². The van der Waals surface area contributed by atoms with Gasteiger partial charge >= 0.3 is 0 Å². The van der Waals surface area contributed by atoms with Crippen molar-refractivity contribution < 1.29 is 12.9 Å². The Bertz CT molecular complexity index is 1230. The third kappa shape index (κ3) is 3.31. The maximum absolute atomic E-state index is 11.8. The molecular formula is C19H17N5O3S. The zero-order valence-electron chi connectivity index (χ0n) is 15.3. The first kappa shape index (κ1) is 18.1. The number of hydrogen-bond acceptors (Lipinski definition) is 7. The van der Waals surface area contributed by atoms with Crippen LogP contribution in [0.4, 0.5) is 0 Å². The molecule has 0 unspecified atom stereocenters. The molecule has 0 aliphatic rings. The molecular weight excluding hydrogens is 378 g/mol. The molecule has 28 heavy (non-hydrogen) atoms. The summed E-state index contributed by atoms with van der Waals surface area (Å²) in [6, 6.07) is 10.2. The van der Waals surface area contributed by atoms with Crippen LogP contribution in [-0.2, 0) is 16.4 Å². The van der Waals surface area contributed by atoms with Crippen molar-refractivity contribution in [2.45, 2.75) is 18.4 Å². The molecule has 0 atom stereocenters. The van der Waals surface area contributed by atoms with Crippen molar-refractivity contribution in [1.29, 1.82) is 0 Å². The third-order valence-corrected chi connectivity index (χ3v) is 5.38. The molecule has 0 aliphatic carbocycles. The minimum Gasteiger partial charge on any atom is -0.333 e. The van der Waals surface area contributed by atoms with Crippen LogP contribution in [-0.4, -0.2) is 39.6 Å². The number of sulfone groups is 1. The topological polar surface area (TPSA) is 104 Å². The Morgan fingerprint density at radius 1 is 1.11 bits per heavy atom. The molecule has 0 amide bonds. The number of rotatable bonds is 5. The molecule has 0 spiro atoms. The van der Waals surface area contributed by atoms with E-state index in [-0.39, 0.29) is 4.90 Å². The van der Waals surface area contributed by atoms with Gasteiger partial charge in [0.15, 0.2) is 9.84 Å². The summed E-state index contributed by atoms with van der Waals surface area (Å²) >= 11 is 0. The van der Waals surface area contributed by atoms with E-state index in [1.54, 1.807) is 30.7 Å². The van der Waals surface area contributed by atoms with Gasteiger partial charge in [0.05, 0.1) is 22.3 Å². The molecule has 3 heterocycles. The zero-order valence-corrected chi connectivity index (χ0v) is 16.1. The van der Waals surface area contributed by atoms with Gasteiger partial charge < -0.3 is 4.52 Å². The van der Waals surface area contributed by atoms with Crippen LogP contribution in [0, 0.1) is 0 Å². The van der Waals surface area contributed by atoms with Gasteiger partial charge in [-0.15, -0.1) is 0 Å². The fourth-order valence-corrected chi connectivity index (χ4v) is 3.58. The summed E-state index contributed by atoms with van der Waals surface area (Å²) in [5.41, 5.74) is 3.05. The highest BCUT2D eigenvalue weighted by Crippen LogP contribution is 2.32. The van der Waals surface area contributed by atoms with Gasteiger partial charge in [-0.25, -0.2) is 8.42 Å². The van der Waals surface area contributed by atoms with Crippen LogP contribution in [0.3, 0.4) is 0 Å². The Labute approximate surface area is 161 Å². The first-order valence-electron chi connectivity index (χ1n) is 8.58. The predicted molar refractivity (Wildman–Crippen MR) is 103 cm³/mol. The average molecular weight is 395 g/mol. The van der Waals surface area contributed by atoms with E-state index in [4.69, 9.17) is 4.52 Å². The Morgan fingerprint density at radius 3 is 2.61 bits per heavy atom. The first-order valence-corrected chi connectivity index (χ1v) is 10.5. The van der Waals surface area contributed by atoms with Gasteiger partial charge in [0.2, 0.25) is 5.82 Å². The van der Waals surface area contributed by atoms with E-state index in [0.29, 0.717) is 29.4 Å². The standard InChI is InChI=1S/C19H17N5O3S/c1-3-24-17(13-7-9-20-10-8-13)16(12-21-24)19-22-18(23-27-19)14-5-4-6-15(11-14)28(2,25)26/h4-12H,3H2,1-2H3. The second-order valence-electron chi connectivity index (χ2n) is 6.18. The highest BCUT2D eigenvalue weighted by atomic mass is 32.2. The summed E-state index contributed by atoms with van der Waals surface area (Å²) in [5.74, 6) is 0.622. The highest BCUT2D eigenvalue weighted by Gasteiger charge is 2.20. The van der Waals surface area contributed by atoms with Crippen LogP contribution in [0.2, 0.25) is 0 Å². The summed E-state index contributed by atoms with van der Waals surface area (Å²) in [6.07, 6.45) is 6.27. The van der Waals surface area contributed by atoms with E-state index >= 15 is 0 Å². The molecule has 0 saturated heterocycles. The number of aryl methyl sites for hydroxylation is 1. The van der Waals surface area contributed by atoms with E-state index in [0.717, 1.165) is 17.5 Å². The molecule has 4 rings (SSSR count). The third-order valence-electron chi connectivity index (χ3n) is 4.27. The molecule has 0 saturated carbocycles.